The molecule has 3 atom stereocenters. The topological polar surface area (TPSA) is 155 Å². The van der Waals surface area contributed by atoms with E-state index < -0.39 is 45.1 Å². The van der Waals surface area contributed by atoms with Gasteiger partial charge in [-0.3, -0.25) is 18.6 Å². The Balaban J connectivity index is 4.10. The van der Waals surface area contributed by atoms with E-state index in [1.807, 2.05) is 0 Å². The highest BCUT2D eigenvalue weighted by molar-refractivity contribution is 7.47. The third kappa shape index (κ3) is 47.9. The van der Waals surface area contributed by atoms with E-state index in [-0.39, 0.29) is 13.0 Å². The molecule has 374 valence electrons. The molecular formula is C53H98NO9P. The average Bonchev–Trinajstić information content (AvgIpc) is 3.28. The van der Waals surface area contributed by atoms with Gasteiger partial charge in [-0.15, -0.1) is 0 Å². The fourth-order valence-corrected chi connectivity index (χ4v) is 8.14. The first-order valence-corrected chi connectivity index (χ1v) is 27.7. The van der Waals surface area contributed by atoms with Crippen molar-refractivity contribution in [1.82, 2.24) is 0 Å². The maximum Gasteiger partial charge on any atom is 0.472 e. The van der Waals surface area contributed by atoms with Crippen molar-refractivity contribution in [1.29, 1.82) is 0 Å². The van der Waals surface area contributed by atoms with Crippen molar-refractivity contribution in [2.24, 2.45) is 5.73 Å². The highest BCUT2D eigenvalue weighted by Gasteiger charge is 2.27. The van der Waals surface area contributed by atoms with Crippen LogP contribution in [0.1, 0.15) is 239 Å². The fourth-order valence-electron chi connectivity index (χ4n) is 7.36. The number of ether oxygens (including phenoxy) is 2. The molecule has 0 aliphatic heterocycles. The summed E-state index contributed by atoms with van der Waals surface area (Å²) in [4.78, 5) is 33.7. The van der Waals surface area contributed by atoms with Crippen molar-refractivity contribution in [3.8, 4) is 0 Å². The second kappa shape index (κ2) is 48.9. The number of hydrogen-bond acceptors (Lipinski definition) is 8. The van der Waals surface area contributed by atoms with Gasteiger partial charge in [-0.1, -0.05) is 229 Å². The first-order chi connectivity index (χ1) is 31.2. The van der Waals surface area contributed by atoms with Gasteiger partial charge in [0, 0.05) is 13.0 Å². The van der Waals surface area contributed by atoms with E-state index in [1.54, 1.807) is 0 Å². The zero-order valence-corrected chi connectivity index (χ0v) is 42.0. The summed E-state index contributed by atoms with van der Waals surface area (Å²) in [6.07, 6.45) is 58.8. The number of carbonyl (C=O) groups excluding carboxylic acids is 1. The monoisotopic (exact) mass is 924 g/mol. The van der Waals surface area contributed by atoms with Gasteiger partial charge in [-0.2, -0.15) is 0 Å². The molecule has 64 heavy (non-hydrogen) atoms. The number of aliphatic carboxylic acids is 1. The first-order valence-electron chi connectivity index (χ1n) is 26.2. The molecule has 3 unspecified atom stereocenters. The average molecular weight is 924 g/mol. The third-order valence-corrected chi connectivity index (χ3v) is 12.3. The molecule has 0 aromatic carbocycles. The zero-order chi connectivity index (χ0) is 46.9. The maximum absolute atomic E-state index is 12.7. The van der Waals surface area contributed by atoms with Gasteiger partial charge in [0.25, 0.3) is 0 Å². The predicted octanol–water partition coefficient (Wildman–Crippen LogP) is 15.4. The summed E-state index contributed by atoms with van der Waals surface area (Å²) in [5.74, 6) is -1.77. The number of rotatable bonds is 50. The van der Waals surface area contributed by atoms with E-state index in [2.05, 4.69) is 62.5 Å². The molecule has 0 saturated heterocycles. The van der Waals surface area contributed by atoms with Gasteiger partial charge in [-0.25, -0.2) is 4.57 Å². The van der Waals surface area contributed by atoms with Crippen LogP contribution in [0.3, 0.4) is 0 Å². The Bertz CT molecular complexity index is 1210. The van der Waals surface area contributed by atoms with Crippen molar-refractivity contribution in [3.63, 3.8) is 0 Å². The lowest BCUT2D eigenvalue weighted by atomic mass is 10.0. The first kappa shape index (κ1) is 61.9. The number of hydrogen-bond donors (Lipinski definition) is 3. The highest BCUT2D eigenvalue weighted by atomic mass is 31.2. The number of carbonyl (C=O) groups is 2. The minimum absolute atomic E-state index is 0.0168. The van der Waals surface area contributed by atoms with Gasteiger partial charge in [0.15, 0.2) is 0 Å². The van der Waals surface area contributed by atoms with E-state index in [0.29, 0.717) is 13.0 Å². The Labute approximate surface area is 392 Å². The molecule has 0 aromatic rings. The summed E-state index contributed by atoms with van der Waals surface area (Å²) in [6.45, 7) is 3.80. The molecule has 0 heterocycles. The highest BCUT2D eigenvalue weighted by Crippen LogP contribution is 2.43. The van der Waals surface area contributed by atoms with E-state index in [1.165, 1.54) is 154 Å². The molecular weight excluding hydrogens is 826 g/mol. The molecule has 0 bridgehead atoms. The molecule has 10 nitrogen and oxygen atoms in total. The molecule has 0 aliphatic rings. The minimum Gasteiger partial charge on any atom is -0.480 e. The van der Waals surface area contributed by atoms with E-state index in [9.17, 15) is 19.0 Å². The molecule has 0 radical (unpaired) electrons. The largest absolute Gasteiger partial charge is 0.480 e. The third-order valence-electron chi connectivity index (χ3n) is 11.4. The number of nitrogens with two attached hydrogens (primary N) is 1. The second-order valence-electron chi connectivity index (χ2n) is 17.6. The fraction of sp³-hybridized carbons (Fsp3) is 0.811. The molecule has 0 aliphatic carbocycles. The smallest absolute Gasteiger partial charge is 0.472 e. The number of unbranched alkanes of at least 4 members (excludes halogenated alkanes) is 28. The predicted molar refractivity (Wildman–Crippen MR) is 268 cm³/mol. The summed E-state index contributed by atoms with van der Waals surface area (Å²) in [5.41, 5.74) is 5.38. The Morgan fingerprint density at radius 3 is 1.36 bits per heavy atom. The summed E-state index contributed by atoms with van der Waals surface area (Å²) in [6, 6.07) is -1.47. The van der Waals surface area contributed by atoms with E-state index in [4.69, 9.17) is 29.4 Å². The summed E-state index contributed by atoms with van der Waals surface area (Å²) in [7, 11) is -4.62. The van der Waals surface area contributed by atoms with E-state index >= 15 is 0 Å². The van der Waals surface area contributed by atoms with Crippen LogP contribution in [-0.4, -0.2) is 60.5 Å². The van der Waals surface area contributed by atoms with Gasteiger partial charge >= 0.3 is 19.8 Å². The van der Waals surface area contributed by atoms with Crippen molar-refractivity contribution in [3.05, 3.63) is 48.6 Å². The van der Waals surface area contributed by atoms with Crippen LogP contribution < -0.4 is 5.73 Å². The van der Waals surface area contributed by atoms with Crippen LogP contribution in [0, 0.1) is 0 Å². The SMILES string of the molecule is CC/C=C\C/C=C\C/C=C\C/C=C\CCCCCCCCCCCCCOCC(COP(=O)(O)OCC(N)C(=O)O)OC(=O)CCCCCCCCCCCCCCCCCCCC. The van der Waals surface area contributed by atoms with Crippen LogP contribution in [-0.2, 0) is 32.7 Å². The Morgan fingerprint density at radius 2 is 0.906 bits per heavy atom. The zero-order valence-electron chi connectivity index (χ0n) is 41.1. The molecule has 0 rings (SSSR count). The maximum atomic E-state index is 12.7. The van der Waals surface area contributed by atoms with Gasteiger partial charge in [0.2, 0.25) is 0 Å². The molecule has 0 fully saturated rings. The van der Waals surface area contributed by atoms with Gasteiger partial charge in [0.05, 0.1) is 19.8 Å². The molecule has 0 spiro atoms. The molecule has 0 amide bonds. The number of carboxylic acids is 1. The lowest BCUT2D eigenvalue weighted by molar-refractivity contribution is -0.154. The van der Waals surface area contributed by atoms with Crippen LogP contribution in [0.5, 0.6) is 0 Å². The molecule has 0 saturated carbocycles. The lowest BCUT2D eigenvalue weighted by Crippen LogP contribution is -2.34. The number of phosphoric ester groups is 1. The van der Waals surface area contributed by atoms with Crippen LogP contribution in [0.25, 0.3) is 0 Å². The quantitative estimate of drug-likeness (QED) is 0.0232. The van der Waals surface area contributed by atoms with Crippen LogP contribution in [0.4, 0.5) is 0 Å². The van der Waals surface area contributed by atoms with Crippen molar-refractivity contribution in [2.75, 3.05) is 26.4 Å². The normalized spacial score (nSPS) is 14.1. The summed E-state index contributed by atoms with van der Waals surface area (Å²) >= 11 is 0. The van der Waals surface area contributed by atoms with E-state index in [0.717, 1.165) is 57.8 Å². The number of allylic oxidation sites excluding steroid dienone is 8. The summed E-state index contributed by atoms with van der Waals surface area (Å²) < 4.78 is 33.5. The van der Waals surface area contributed by atoms with Crippen molar-refractivity contribution in [2.45, 2.75) is 251 Å². The summed E-state index contributed by atoms with van der Waals surface area (Å²) in [5, 5.41) is 8.93. The minimum atomic E-state index is -4.62. The number of esters is 1. The van der Waals surface area contributed by atoms with Crippen molar-refractivity contribution < 1.29 is 42.7 Å². The Hall–Kier alpha value is -2.07. The molecule has 4 N–H and O–H groups in total. The van der Waals surface area contributed by atoms with Crippen LogP contribution in [0.2, 0.25) is 0 Å². The Kier molecular flexibility index (Phi) is 47.3. The second-order valence-corrected chi connectivity index (χ2v) is 19.1. The molecule has 11 heteroatoms. The number of carboxylic acid groups (broad SMARTS) is 1. The standard InChI is InChI=1S/C53H98NO9P/c1-3-5-7-9-11-13-15-17-19-21-23-24-25-26-27-28-30-32-34-36-38-40-42-44-46-60-47-50(48-61-64(58,59)62-49-51(54)53(56)57)63-52(55)45-43-41-39-37-35-33-31-29-22-20-18-16-14-12-10-8-6-4-2/h5,7,11,13,17,19,23-24,50-51H,3-4,6,8-10,12,14-16,18,20-22,25-49,54H2,1-2H3,(H,56,57)(H,58,59)/b7-5-,13-11-,19-17-,24-23-. The lowest BCUT2D eigenvalue weighted by Gasteiger charge is -2.20. The van der Waals surface area contributed by atoms with Crippen molar-refractivity contribution >= 4 is 19.8 Å². The number of phosphoric acid groups is 1. The van der Waals surface area contributed by atoms with Gasteiger partial charge < -0.3 is 25.2 Å². The van der Waals surface area contributed by atoms with Gasteiger partial charge in [-0.05, 0) is 51.4 Å². The van der Waals surface area contributed by atoms with Crippen LogP contribution in [0.15, 0.2) is 48.6 Å². The Morgan fingerprint density at radius 1 is 0.516 bits per heavy atom. The molecule has 0 aromatic heterocycles. The van der Waals surface area contributed by atoms with Crippen LogP contribution >= 0.6 is 7.82 Å². The van der Waals surface area contributed by atoms with Gasteiger partial charge in [0.1, 0.15) is 12.1 Å².